The van der Waals surface area contributed by atoms with E-state index in [0.29, 0.717) is 30.3 Å². The highest BCUT2D eigenvalue weighted by Crippen LogP contribution is 2.37. The number of H-pyrrole nitrogens is 1. The number of carbonyl (C=O) groups is 1. The summed E-state index contributed by atoms with van der Waals surface area (Å²) in [6, 6.07) is 11.9. The molecule has 1 aromatic heterocycles. The van der Waals surface area contributed by atoms with Gasteiger partial charge in [-0.1, -0.05) is 37.1 Å². The van der Waals surface area contributed by atoms with Crippen LogP contribution in [0.3, 0.4) is 0 Å². The summed E-state index contributed by atoms with van der Waals surface area (Å²) in [5.41, 5.74) is 4.06. The number of fused-ring (bicyclic) bond motifs is 1. The molecule has 29 heavy (non-hydrogen) atoms. The van der Waals surface area contributed by atoms with Gasteiger partial charge in [0.1, 0.15) is 11.5 Å². The van der Waals surface area contributed by atoms with Crippen LogP contribution in [0.25, 0.3) is 22.2 Å². The Labute approximate surface area is 176 Å². The van der Waals surface area contributed by atoms with Crippen LogP contribution in [-0.2, 0) is 11.2 Å². The molecular weight excluding hydrogens is 388 g/mol. The van der Waals surface area contributed by atoms with E-state index in [-0.39, 0.29) is 5.91 Å². The normalized spacial score (nSPS) is 10.9. The summed E-state index contributed by atoms with van der Waals surface area (Å²) in [4.78, 5) is 14.8. The summed E-state index contributed by atoms with van der Waals surface area (Å²) in [6.07, 6.45) is 2.80. The fourth-order valence-electron chi connectivity index (χ4n) is 3.35. The Kier molecular flexibility index (Phi) is 7.04. The van der Waals surface area contributed by atoms with Crippen LogP contribution < -0.4 is 14.8 Å². The predicted octanol–water partition coefficient (Wildman–Crippen LogP) is 5.35. The van der Waals surface area contributed by atoms with E-state index >= 15 is 0 Å². The minimum Gasteiger partial charge on any atom is -0.495 e. The predicted molar refractivity (Wildman–Crippen MR) is 118 cm³/mol. The number of nitrogens with one attached hydrogen (secondary N) is 2. The highest BCUT2D eigenvalue weighted by molar-refractivity contribution is 6.32. The van der Waals surface area contributed by atoms with Crippen LogP contribution in [0, 0.1) is 0 Å². The number of unbranched alkanes of at least 4 members (excludes halogenated alkanes) is 1. The van der Waals surface area contributed by atoms with Crippen LogP contribution in [0.5, 0.6) is 11.5 Å². The fraction of sp³-hybridized carbons (Fsp3) is 0.348. The Bertz CT molecular complexity index is 997. The number of hydrogen-bond acceptors (Lipinski definition) is 3. The average molecular weight is 415 g/mol. The SMILES string of the molecule is CCCCOc1cccc(-c2[nH]c3cc(Cl)c(OC)cc3c2CCNC(C)=O)c1. The minimum absolute atomic E-state index is 0.0432. The molecule has 2 aromatic carbocycles. The molecule has 3 aromatic rings. The molecule has 0 spiro atoms. The number of benzene rings is 2. The third kappa shape index (κ3) is 5.04. The molecule has 0 radical (unpaired) electrons. The van der Waals surface area contributed by atoms with Gasteiger partial charge in [0.15, 0.2) is 0 Å². The second-order valence-corrected chi connectivity index (χ2v) is 7.38. The van der Waals surface area contributed by atoms with Gasteiger partial charge in [0.05, 0.1) is 18.7 Å². The van der Waals surface area contributed by atoms with Crippen LogP contribution >= 0.6 is 11.6 Å². The van der Waals surface area contributed by atoms with Gasteiger partial charge in [0.2, 0.25) is 5.91 Å². The number of rotatable bonds is 9. The van der Waals surface area contributed by atoms with Crippen molar-refractivity contribution in [3.63, 3.8) is 0 Å². The Balaban J connectivity index is 2.03. The van der Waals surface area contributed by atoms with Crippen molar-refractivity contribution in [1.82, 2.24) is 10.3 Å². The topological polar surface area (TPSA) is 63.4 Å². The molecule has 0 aliphatic carbocycles. The monoisotopic (exact) mass is 414 g/mol. The summed E-state index contributed by atoms with van der Waals surface area (Å²) >= 11 is 6.33. The Morgan fingerprint density at radius 2 is 2.07 bits per heavy atom. The lowest BCUT2D eigenvalue weighted by Crippen LogP contribution is -2.22. The van der Waals surface area contributed by atoms with E-state index in [1.807, 2.05) is 30.3 Å². The highest BCUT2D eigenvalue weighted by atomic mass is 35.5. The Hall–Kier alpha value is -2.66. The van der Waals surface area contributed by atoms with Crippen molar-refractivity contribution in [3.8, 4) is 22.8 Å². The summed E-state index contributed by atoms with van der Waals surface area (Å²) in [6.45, 7) is 4.92. The van der Waals surface area contributed by atoms with E-state index in [1.54, 1.807) is 7.11 Å². The third-order valence-electron chi connectivity index (χ3n) is 4.82. The molecule has 5 nitrogen and oxygen atoms in total. The van der Waals surface area contributed by atoms with Crippen molar-refractivity contribution in [1.29, 1.82) is 0 Å². The second kappa shape index (κ2) is 9.70. The lowest BCUT2D eigenvalue weighted by Gasteiger charge is -2.09. The maximum Gasteiger partial charge on any atom is 0.216 e. The molecule has 0 fully saturated rings. The summed E-state index contributed by atoms with van der Waals surface area (Å²) in [5.74, 6) is 1.43. The molecule has 0 bridgehead atoms. The highest BCUT2D eigenvalue weighted by Gasteiger charge is 2.16. The maximum absolute atomic E-state index is 11.3. The molecular formula is C23H27ClN2O3. The van der Waals surface area contributed by atoms with Crippen molar-refractivity contribution in [2.75, 3.05) is 20.3 Å². The molecule has 1 heterocycles. The van der Waals surface area contributed by atoms with Gasteiger partial charge in [0.25, 0.3) is 0 Å². The number of methoxy groups -OCH3 is 1. The zero-order valence-electron chi connectivity index (χ0n) is 17.1. The fourth-order valence-corrected chi connectivity index (χ4v) is 3.59. The van der Waals surface area contributed by atoms with Gasteiger partial charge < -0.3 is 19.8 Å². The van der Waals surface area contributed by atoms with Crippen LogP contribution in [0.2, 0.25) is 5.02 Å². The van der Waals surface area contributed by atoms with Gasteiger partial charge >= 0.3 is 0 Å². The van der Waals surface area contributed by atoms with E-state index in [2.05, 4.69) is 23.3 Å². The van der Waals surface area contributed by atoms with Crippen molar-refractivity contribution in [2.45, 2.75) is 33.1 Å². The molecule has 0 saturated carbocycles. The molecule has 3 rings (SSSR count). The van der Waals surface area contributed by atoms with Gasteiger partial charge in [0, 0.05) is 35.6 Å². The molecule has 2 N–H and O–H groups in total. The largest absolute Gasteiger partial charge is 0.495 e. The number of carbonyl (C=O) groups excluding carboxylic acids is 1. The lowest BCUT2D eigenvalue weighted by atomic mass is 10.0. The van der Waals surface area contributed by atoms with E-state index in [0.717, 1.165) is 46.3 Å². The molecule has 0 atom stereocenters. The number of hydrogen-bond donors (Lipinski definition) is 2. The molecule has 0 aliphatic heterocycles. The van der Waals surface area contributed by atoms with Crippen LogP contribution in [0.4, 0.5) is 0 Å². The van der Waals surface area contributed by atoms with Gasteiger partial charge in [-0.05, 0) is 42.7 Å². The third-order valence-corrected chi connectivity index (χ3v) is 5.11. The molecule has 1 amide bonds. The summed E-state index contributed by atoms with van der Waals surface area (Å²) in [7, 11) is 1.61. The molecule has 0 unspecified atom stereocenters. The first-order chi connectivity index (χ1) is 14.0. The van der Waals surface area contributed by atoms with Crippen LogP contribution in [-0.4, -0.2) is 31.2 Å². The van der Waals surface area contributed by atoms with E-state index in [1.165, 1.54) is 6.92 Å². The quantitative estimate of drug-likeness (QED) is 0.463. The minimum atomic E-state index is -0.0432. The van der Waals surface area contributed by atoms with E-state index in [9.17, 15) is 4.79 Å². The van der Waals surface area contributed by atoms with Gasteiger partial charge in [-0.2, -0.15) is 0 Å². The number of ether oxygens (including phenoxy) is 2. The van der Waals surface area contributed by atoms with Gasteiger partial charge in [-0.25, -0.2) is 0 Å². The molecule has 6 heteroatoms. The second-order valence-electron chi connectivity index (χ2n) is 6.97. The first-order valence-electron chi connectivity index (χ1n) is 9.89. The Morgan fingerprint density at radius 3 is 2.79 bits per heavy atom. The zero-order chi connectivity index (χ0) is 20.8. The van der Waals surface area contributed by atoms with Crippen LogP contribution in [0.15, 0.2) is 36.4 Å². The summed E-state index contributed by atoms with van der Waals surface area (Å²) < 4.78 is 11.3. The first-order valence-corrected chi connectivity index (χ1v) is 10.3. The first kappa shape index (κ1) is 21.1. The molecule has 0 saturated heterocycles. The van der Waals surface area contributed by atoms with Crippen LogP contribution in [0.1, 0.15) is 32.3 Å². The number of aromatic nitrogens is 1. The standard InChI is InChI=1S/C23H27ClN2O3/c1-4-5-11-29-17-8-6-7-16(12-17)23-18(9-10-25-15(2)27)19-13-22(28-3)20(24)14-21(19)26-23/h6-8,12-14,26H,4-5,9-11H2,1-3H3,(H,25,27). The molecule has 154 valence electrons. The lowest BCUT2D eigenvalue weighted by molar-refractivity contribution is -0.118. The number of aromatic amines is 1. The zero-order valence-corrected chi connectivity index (χ0v) is 17.9. The maximum atomic E-state index is 11.3. The number of amides is 1. The Morgan fingerprint density at radius 1 is 1.24 bits per heavy atom. The van der Waals surface area contributed by atoms with Crippen molar-refractivity contribution in [3.05, 3.63) is 47.0 Å². The summed E-state index contributed by atoms with van der Waals surface area (Å²) in [5, 5.41) is 4.46. The average Bonchev–Trinajstić information content (AvgIpc) is 3.05. The van der Waals surface area contributed by atoms with E-state index < -0.39 is 0 Å². The van der Waals surface area contributed by atoms with Gasteiger partial charge in [-0.3, -0.25) is 4.79 Å². The number of halogens is 1. The van der Waals surface area contributed by atoms with Crippen molar-refractivity contribution < 1.29 is 14.3 Å². The molecule has 0 aliphatic rings. The van der Waals surface area contributed by atoms with Gasteiger partial charge in [-0.15, -0.1) is 0 Å². The van der Waals surface area contributed by atoms with E-state index in [4.69, 9.17) is 21.1 Å². The smallest absolute Gasteiger partial charge is 0.216 e. The van der Waals surface area contributed by atoms with Crippen molar-refractivity contribution in [2.24, 2.45) is 0 Å². The van der Waals surface area contributed by atoms with Crippen molar-refractivity contribution >= 4 is 28.4 Å².